The van der Waals surface area contributed by atoms with E-state index in [4.69, 9.17) is 9.47 Å². The van der Waals surface area contributed by atoms with Crippen LogP contribution in [0.2, 0.25) is 0 Å². The van der Waals surface area contributed by atoms with E-state index in [0.29, 0.717) is 23.6 Å². The number of hydrogen-bond donors (Lipinski definition) is 1. The maximum absolute atomic E-state index is 5.67. The second kappa shape index (κ2) is 5.89. The summed E-state index contributed by atoms with van der Waals surface area (Å²) in [4.78, 5) is 0. The Kier molecular flexibility index (Phi) is 4.68. The summed E-state index contributed by atoms with van der Waals surface area (Å²) in [5, 5.41) is 3.78. The predicted octanol–water partition coefficient (Wildman–Crippen LogP) is 2.74. The lowest BCUT2D eigenvalue weighted by Crippen LogP contribution is -2.62. The molecule has 0 heterocycles. The van der Waals surface area contributed by atoms with Crippen molar-refractivity contribution in [2.75, 3.05) is 13.7 Å². The van der Waals surface area contributed by atoms with Crippen LogP contribution >= 0.6 is 0 Å². The van der Waals surface area contributed by atoms with Gasteiger partial charge in [0, 0.05) is 25.8 Å². The van der Waals surface area contributed by atoms with E-state index in [1.807, 2.05) is 0 Å². The van der Waals surface area contributed by atoms with E-state index < -0.39 is 0 Å². The van der Waals surface area contributed by atoms with Crippen molar-refractivity contribution in [1.29, 1.82) is 0 Å². The first-order chi connectivity index (χ1) is 8.55. The third-order valence-corrected chi connectivity index (χ3v) is 4.69. The molecule has 2 fully saturated rings. The molecule has 0 aromatic carbocycles. The van der Waals surface area contributed by atoms with Crippen molar-refractivity contribution in [2.45, 2.75) is 77.2 Å². The topological polar surface area (TPSA) is 30.5 Å². The zero-order chi connectivity index (χ0) is 13.2. The average molecular weight is 255 g/mol. The number of rotatable bonds is 5. The van der Waals surface area contributed by atoms with Crippen LogP contribution in [0.4, 0.5) is 0 Å². The zero-order valence-corrected chi connectivity index (χ0v) is 12.4. The van der Waals surface area contributed by atoms with Gasteiger partial charge in [0.25, 0.3) is 0 Å². The second-order valence-electron chi connectivity index (χ2n) is 6.64. The molecule has 0 aliphatic heterocycles. The van der Waals surface area contributed by atoms with Crippen LogP contribution in [-0.2, 0) is 9.47 Å². The van der Waals surface area contributed by atoms with Crippen LogP contribution < -0.4 is 5.32 Å². The van der Waals surface area contributed by atoms with Crippen LogP contribution in [-0.4, -0.2) is 38.0 Å². The zero-order valence-electron chi connectivity index (χ0n) is 12.4. The molecular formula is C15H29NO2. The molecule has 2 saturated carbocycles. The van der Waals surface area contributed by atoms with Crippen LogP contribution in [0.3, 0.4) is 0 Å². The van der Waals surface area contributed by atoms with E-state index in [1.54, 1.807) is 7.11 Å². The van der Waals surface area contributed by atoms with Gasteiger partial charge in [0.15, 0.2) is 0 Å². The first-order valence-corrected chi connectivity index (χ1v) is 7.46. The van der Waals surface area contributed by atoms with Gasteiger partial charge in [0.2, 0.25) is 0 Å². The molecule has 18 heavy (non-hydrogen) atoms. The third kappa shape index (κ3) is 3.25. The van der Waals surface area contributed by atoms with Gasteiger partial charge in [-0.25, -0.2) is 0 Å². The Morgan fingerprint density at radius 3 is 2.44 bits per heavy atom. The fraction of sp³-hybridized carbons (Fsp3) is 1.00. The van der Waals surface area contributed by atoms with Crippen molar-refractivity contribution in [3.63, 3.8) is 0 Å². The quantitative estimate of drug-likeness (QED) is 0.819. The highest BCUT2D eigenvalue weighted by Crippen LogP contribution is 2.36. The molecule has 2 rings (SSSR count). The molecule has 1 N–H and O–H groups in total. The van der Waals surface area contributed by atoms with Crippen LogP contribution in [0.1, 0.15) is 52.9 Å². The van der Waals surface area contributed by atoms with Gasteiger partial charge < -0.3 is 14.8 Å². The largest absolute Gasteiger partial charge is 0.377 e. The first-order valence-electron chi connectivity index (χ1n) is 7.46. The van der Waals surface area contributed by atoms with E-state index in [-0.39, 0.29) is 6.10 Å². The lowest BCUT2D eigenvalue weighted by molar-refractivity contribution is -0.134. The Morgan fingerprint density at radius 1 is 1.22 bits per heavy atom. The van der Waals surface area contributed by atoms with E-state index >= 15 is 0 Å². The molecule has 3 nitrogen and oxygen atoms in total. The van der Waals surface area contributed by atoms with Crippen molar-refractivity contribution >= 4 is 0 Å². The Morgan fingerprint density at radius 2 is 1.89 bits per heavy atom. The number of nitrogens with one attached hydrogen (secondary N) is 1. The summed E-state index contributed by atoms with van der Waals surface area (Å²) in [6.07, 6.45) is 6.94. The molecule has 0 bridgehead atoms. The van der Waals surface area contributed by atoms with Gasteiger partial charge in [-0.2, -0.15) is 0 Å². The molecular weight excluding hydrogens is 226 g/mol. The second-order valence-corrected chi connectivity index (χ2v) is 6.64. The van der Waals surface area contributed by atoms with Gasteiger partial charge in [-0.15, -0.1) is 0 Å². The SMILES string of the molecule is CCOC1CC(NC2CCC(C)(C)CC2)C1OC. The summed E-state index contributed by atoms with van der Waals surface area (Å²) in [5.74, 6) is 0. The molecule has 3 unspecified atom stereocenters. The molecule has 3 heteroatoms. The summed E-state index contributed by atoms with van der Waals surface area (Å²) in [6, 6.07) is 1.18. The van der Waals surface area contributed by atoms with Crippen molar-refractivity contribution in [3.8, 4) is 0 Å². The molecule has 0 amide bonds. The fourth-order valence-corrected chi connectivity index (χ4v) is 3.31. The molecule has 2 aliphatic carbocycles. The summed E-state index contributed by atoms with van der Waals surface area (Å²) >= 11 is 0. The highest BCUT2D eigenvalue weighted by molar-refractivity contribution is 4.99. The van der Waals surface area contributed by atoms with Gasteiger partial charge in [-0.05, 0) is 44.4 Å². The molecule has 0 saturated heterocycles. The highest BCUT2D eigenvalue weighted by atomic mass is 16.5. The van der Waals surface area contributed by atoms with Crippen molar-refractivity contribution in [3.05, 3.63) is 0 Å². The first kappa shape index (κ1) is 14.3. The summed E-state index contributed by atoms with van der Waals surface area (Å²) in [5.41, 5.74) is 0.548. The molecule has 2 aliphatic rings. The minimum atomic E-state index is 0.250. The Bertz CT molecular complexity index is 257. The van der Waals surface area contributed by atoms with Crippen LogP contribution in [0.5, 0.6) is 0 Å². The lowest BCUT2D eigenvalue weighted by Gasteiger charge is -2.46. The molecule has 0 spiro atoms. The molecule has 106 valence electrons. The predicted molar refractivity (Wildman–Crippen MR) is 73.8 cm³/mol. The Balaban J connectivity index is 1.74. The molecule has 0 aromatic heterocycles. The number of ether oxygens (including phenoxy) is 2. The average Bonchev–Trinajstić information content (AvgIpc) is 2.30. The highest BCUT2D eigenvalue weighted by Gasteiger charge is 2.43. The van der Waals surface area contributed by atoms with Crippen LogP contribution in [0.15, 0.2) is 0 Å². The van der Waals surface area contributed by atoms with Crippen LogP contribution in [0.25, 0.3) is 0 Å². The van der Waals surface area contributed by atoms with E-state index in [0.717, 1.165) is 13.0 Å². The van der Waals surface area contributed by atoms with E-state index in [9.17, 15) is 0 Å². The maximum atomic E-state index is 5.67. The van der Waals surface area contributed by atoms with Gasteiger partial charge in [0.1, 0.15) is 0 Å². The minimum absolute atomic E-state index is 0.250. The van der Waals surface area contributed by atoms with Gasteiger partial charge >= 0.3 is 0 Å². The fourth-order valence-electron chi connectivity index (χ4n) is 3.31. The number of hydrogen-bond acceptors (Lipinski definition) is 3. The van der Waals surface area contributed by atoms with E-state index in [1.165, 1.54) is 25.7 Å². The molecule has 3 atom stereocenters. The summed E-state index contributed by atoms with van der Waals surface area (Å²) < 4.78 is 11.2. The van der Waals surface area contributed by atoms with E-state index in [2.05, 4.69) is 26.1 Å². The Hall–Kier alpha value is -0.120. The summed E-state index contributed by atoms with van der Waals surface area (Å²) in [7, 11) is 1.80. The molecule has 0 radical (unpaired) electrons. The number of methoxy groups -OCH3 is 1. The Labute approximate surface area is 112 Å². The summed E-state index contributed by atoms with van der Waals surface area (Å²) in [6.45, 7) is 7.61. The van der Waals surface area contributed by atoms with Gasteiger partial charge in [-0.3, -0.25) is 0 Å². The normalized spacial score (nSPS) is 36.3. The monoisotopic (exact) mass is 255 g/mol. The standard InChI is InChI=1S/C15H29NO2/c1-5-18-13-10-12(14(13)17-4)16-11-6-8-15(2,3)9-7-11/h11-14,16H,5-10H2,1-4H3. The maximum Gasteiger partial charge on any atom is 0.0986 e. The third-order valence-electron chi connectivity index (χ3n) is 4.69. The lowest BCUT2D eigenvalue weighted by atomic mass is 9.74. The minimum Gasteiger partial charge on any atom is -0.377 e. The van der Waals surface area contributed by atoms with Crippen molar-refractivity contribution in [1.82, 2.24) is 5.32 Å². The molecule has 0 aromatic rings. The van der Waals surface area contributed by atoms with Crippen molar-refractivity contribution in [2.24, 2.45) is 5.41 Å². The van der Waals surface area contributed by atoms with Gasteiger partial charge in [0.05, 0.1) is 12.2 Å². The smallest absolute Gasteiger partial charge is 0.0986 e. The van der Waals surface area contributed by atoms with Crippen LogP contribution in [0, 0.1) is 5.41 Å². The van der Waals surface area contributed by atoms with Gasteiger partial charge in [-0.1, -0.05) is 13.8 Å². The van der Waals surface area contributed by atoms with Crippen molar-refractivity contribution < 1.29 is 9.47 Å².